The average molecular weight is 189 g/mol. The molecule has 0 bridgehead atoms. The summed E-state index contributed by atoms with van der Waals surface area (Å²) in [6.07, 6.45) is -1.51. The van der Waals surface area contributed by atoms with Gasteiger partial charge >= 0.3 is 0 Å². The van der Waals surface area contributed by atoms with Crippen LogP contribution in [0.1, 0.15) is 20.3 Å². The van der Waals surface area contributed by atoms with Crippen molar-refractivity contribution in [3.05, 3.63) is 0 Å². The molecule has 1 N–H and O–H groups in total. The lowest BCUT2D eigenvalue weighted by Gasteiger charge is -2.18. The van der Waals surface area contributed by atoms with Gasteiger partial charge in [-0.25, -0.2) is 4.39 Å². The number of alkyl halides is 1. The van der Waals surface area contributed by atoms with Gasteiger partial charge in [0.2, 0.25) is 5.91 Å². The van der Waals surface area contributed by atoms with Gasteiger partial charge in [0.25, 0.3) is 0 Å². The maximum absolute atomic E-state index is 12.9. The minimum Gasteiger partial charge on any atom is -0.388 e. The number of hydrogen-bond acceptors (Lipinski definition) is 2. The highest BCUT2D eigenvalue weighted by Gasteiger charge is 2.34. The largest absolute Gasteiger partial charge is 0.388 e. The molecule has 0 radical (unpaired) electrons. The first-order chi connectivity index (χ1) is 6.06. The second-order valence-electron chi connectivity index (χ2n) is 3.64. The Labute approximate surface area is 77.5 Å². The van der Waals surface area contributed by atoms with E-state index in [2.05, 4.69) is 0 Å². The Balaban J connectivity index is 2.50. The number of likely N-dealkylation sites (tertiary alicyclic amines) is 1. The normalized spacial score (nSPS) is 30.6. The number of aliphatic hydroxyl groups excluding tert-OH is 1. The van der Waals surface area contributed by atoms with E-state index in [-0.39, 0.29) is 24.9 Å². The molecule has 1 fully saturated rings. The molecule has 0 aromatic heterocycles. The zero-order chi connectivity index (χ0) is 10.0. The summed E-state index contributed by atoms with van der Waals surface area (Å²) in [6, 6.07) is 0. The molecule has 0 aliphatic carbocycles. The summed E-state index contributed by atoms with van der Waals surface area (Å²) in [5, 5.41) is 9.10. The van der Waals surface area contributed by atoms with Crippen molar-refractivity contribution in [3.8, 4) is 0 Å². The predicted octanol–water partition coefficient (Wildman–Crippen LogP) is 0.574. The molecule has 0 saturated carbocycles. The van der Waals surface area contributed by atoms with Crippen LogP contribution >= 0.6 is 0 Å². The van der Waals surface area contributed by atoms with E-state index < -0.39 is 12.3 Å². The van der Waals surface area contributed by atoms with Gasteiger partial charge in [0.05, 0.1) is 6.54 Å². The second-order valence-corrected chi connectivity index (χ2v) is 3.64. The van der Waals surface area contributed by atoms with Crippen molar-refractivity contribution in [2.75, 3.05) is 13.1 Å². The summed E-state index contributed by atoms with van der Waals surface area (Å²) in [5.74, 6) is -0.126. The van der Waals surface area contributed by atoms with Gasteiger partial charge in [0.1, 0.15) is 12.3 Å². The van der Waals surface area contributed by atoms with Crippen molar-refractivity contribution in [1.82, 2.24) is 4.90 Å². The van der Waals surface area contributed by atoms with Crippen LogP contribution in [0.15, 0.2) is 0 Å². The van der Waals surface area contributed by atoms with Gasteiger partial charge < -0.3 is 10.0 Å². The molecule has 1 heterocycles. The minimum atomic E-state index is -1.27. The van der Waals surface area contributed by atoms with Crippen LogP contribution in [0.2, 0.25) is 0 Å². The molecule has 76 valence electrons. The summed E-state index contributed by atoms with van der Waals surface area (Å²) in [5.41, 5.74) is 0. The molecule has 1 saturated heterocycles. The van der Waals surface area contributed by atoms with E-state index in [1.54, 1.807) is 0 Å². The first kappa shape index (κ1) is 10.4. The Morgan fingerprint density at radius 1 is 1.69 bits per heavy atom. The summed E-state index contributed by atoms with van der Waals surface area (Å²) < 4.78 is 12.9. The number of hydrogen-bond donors (Lipinski definition) is 1. The van der Waals surface area contributed by atoms with Crippen LogP contribution in [0, 0.1) is 5.92 Å². The quantitative estimate of drug-likeness (QED) is 0.690. The summed E-state index contributed by atoms with van der Waals surface area (Å²) in [7, 11) is 0. The molecular formula is C9H16FNO2. The van der Waals surface area contributed by atoms with E-state index >= 15 is 0 Å². The zero-order valence-electron chi connectivity index (χ0n) is 8.03. The fraction of sp³-hybridized carbons (Fsp3) is 0.889. The first-order valence-corrected chi connectivity index (χ1v) is 4.67. The molecule has 1 unspecified atom stereocenters. The van der Waals surface area contributed by atoms with E-state index in [1.807, 2.05) is 13.8 Å². The molecule has 3 atom stereocenters. The van der Waals surface area contributed by atoms with Gasteiger partial charge in [-0.2, -0.15) is 0 Å². The lowest BCUT2D eigenvalue weighted by atomic mass is 10.1. The predicted molar refractivity (Wildman–Crippen MR) is 46.9 cm³/mol. The van der Waals surface area contributed by atoms with E-state index in [0.29, 0.717) is 0 Å². The first-order valence-electron chi connectivity index (χ1n) is 4.67. The van der Waals surface area contributed by atoms with E-state index in [9.17, 15) is 9.18 Å². The monoisotopic (exact) mass is 189 g/mol. The Bertz CT molecular complexity index is 188. The minimum absolute atomic E-state index is 0.0460. The Morgan fingerprint density at radius 2 is 2.31 bits per heavy atom. The number of β-amino-alcohol motifs (C(OH)–C–C–N with tert-alkyl or cyclic N) is 1. The maximum atomic E-state index is 12.9. The van der Waals surface area contributed by atoms with Gasteiger partial charge in [0, 0.05) is 12.5 Å². The van der Waals surface area contributed by atoms with Crippen LogP contribution in [-0.2, 0) is 4.79 Å². The third kappa shape index (κ3) is 2.18. The molecule has 1 amide bonds. The number of nitrogens with zero attached hydrogens (tertiary/aromatic N) is 1. The maximum Gasteiger partial charge on any atom is 0.225 e. The fourth-order valence-electron chi connectivity index (χ4n) is 1.41. The van der Waals surface area contributed by atoms with E-state index in [1.165, 1.54) is 4.90 Å². The molecule has 0 aromatic carbocycles. The van der Waals surface area contributed by atoms with Gasteiger partial charge in [-0.05, 0) is 6.42 Å². The van der Waals surface area contributed by atoms with Crippen LogP contribution in [0.3, 0.4) is 0 Å². The topological polar surface area (TPSA) is 40.5 Å². The van der Waals surface area contributed by atoms with Crippen LogP contribution in [0.25, 0.3) is 0 Å². The summed E-state index contributed by atoms with van der Waals surface area (Å²) in [4.78, 5) is 12.9. The Hall–Kier alpha value is -0.640. The van der Waals surface area contributed by atoms with Crippen molar-refractivity contribution in [3.63, 3.8) is 0 Å². The van der Waals surface area contributed by atoms with Crippen LogP contribution in [0.4, 0.5) is 4.39 Å². The number of halogens is 1. The molecule has 1 rings (SSSR count). The second kappa shape index (κ2) is 4.05. The summed E-state index contributed by atoms with van der Waals surface area (Å²) in [6.45, 7) is 3.93. The molecule has 3 nitrogen and oxygen atoms in total. The molecule has 1 aliphatic heterocycles. The summed E-state index contributed by atoms with van der Waals surface area (Å²) >= 11 is 0. The Kier molecular flexibility index (Phi) is 3.25. The molecular weight excluding hydrogens is 173 g/mol. The smallest absolute Gasteiger partial charge is 0.225 e. The van der Waals surface area contributed by atoms with Crippen molar-refractivity contribution < 1.29 is 14.3 Å². The number of aliphatic hydroxyl groups is 1. The molecule has 0 spiro atoms. The van der Waals surface area contributed by atoms with Gasteiger partial charge in [0.15, 0.2) is 0 Å². The van der Waals surface area contributed by atoms with E-state index in [0.717, 1.165) is 6.42 Å². The third-order valence-corrected chi connectivity index (χ3v) is 2.57. The average Bonchev–Trinajstić information content (AvgIpc) is 2.44. The third-order valence-electron chi connectivity index (χ3n) is 2.57. The highest BCUT2D eigenvalue weighted by Crippen LogP contribution is 2.17. The van der Waals surface area contributed by atoms with Crippen molar-refractivity contribution in [2.45, 2.75) is 32.5 Å². The molecule has 4 heteroatoms. The van der Waals surface area contributed by atoms with Gasteiger partial charge in [-0.15, -0.1) is 0 Å². The van der Waals surface area contributed by atoms with Crippen molar-refractivity contribution in [1.29, 1.82) is 0 Å². The van der Waals surface area contributed by atoms with Gasteiger partial charge in [-0.1, -0.05) is 13.8 Å². The number of carbonyl (C=O) groups excluding carboxylic acids is 1. The standard InChI is InChI=1S/C9H16FNO2/c1-3-6(2)9(13)11-4-7(10)8(12)5-11/h6-8,12H,3-5H2,1-2H3/t6?,7-,8-/m0/s1. The van der Waals surface area contributed by atoms with Gasteiger partial charge in [-0.3, -0.25) is 4.79 Å². The van der Waals surface area contributed by atoms with Crippen LogP contribution in [0.5, 0.6) is 0 Å². The molecule has 13 heavy (non-hydrogen) atoms. The zero-order valence-corrected chi connectivity index (χ0v) is 8.03. The lowest BCUT2D eigenvalue weighted by Crippen LogP contribution is -2.33. The van der Waals surface area contributed by atoms with E-state index in [4.69, 9.17) is 5.11 Å². The van der Waals surface area contributed by atoms with Crippen molar-refractivity contribution >= 4 is 5.91 Å². The number of rotatable bonds is 2. The van der Waals surface area contributed by atoms with Crippen LogP contribution < -0.4 is 0 Å². The Morgan fingerprint density at radius 3 is 2.69 bits per heavy atom. The highest BCUT2D eigenvalue weighted by atomic mass is 19.1. The van der Waals surface area contributed by atoms with Crippen molar-refractivity contribution in [2.24, 2.45) is 5.92 Å². The molecule has 1 aliphatic rings. The molecule has 0 aromatic rings. The highest BCUT2D eigenvalue weighted by molar-refractivity contribution is 5.78. The van der Waals surface area contributed by atoms with Crippen LogP contribution in [-0.4, -0.2) is 41.3 Å². The lowest BCUT2D eigenvalue weighted by molar-refractivity contribution is -0.134. The number of carbonyl (C=O) groups is 1. The SMILES string of the molecule is CCC(C)C(=O)N1C[C@H](O)[C@@H](F)C1. The number of amides is 1. The fourth-order valence-corrected chi connectivity index (χ4v) is 1.41.